The molecule has 0 radical (unpaired) electrons. The van der Waals surface area contributed by atoms with Crippen LogP contribution < -0.4 is 4.74 Å². The number of nitrogens with one attached hydrogen (secondary N) is 1. The third-order valence-electron chi connectivity index (χ3n) is 3.24. The summed E-state index contributed by atoms with van der Waals surface area (Å²) >= 11 is 1.52. The van der Waals surface area contributed by atoms with E-state index >= 15 is 0 Å². The van der Waals surface area contributed by atoms with Crippen LogP contribution in [0.15, 0.2) is 54.3 Å². The molecule has 108 valence electrons. The van der Waals surface area contributed by atoms with Gasteiger partial charge in [0.2, 0.25) is 0 Å². The predicted molar refractivity (Wildman–Crippen MR) is 83.4 cm³/mol. The van der Waals surface area contributed by atoms with Crippen molar-refractivity contribution in [2.45, 2.75) is 12.5 Å². The second kappa shape index (κ2) is 5.71. The van der Waals surface area contributed by atoms with Crippen molar-refractivity contribution in [2.24, 2.45) is 0 Å². The second-order valence-corrected chi connectivity index (χ2v) is 5.95. The summed E-state index contributed by atoms with van der Waals surface area (Å²) in [5, 5.41) is 12.5. The van der Waals surface area contributed by atoms with E-state index in [1.807, 2.05) is 41.8 Å². The summed E-state index contributed by atoms with van der Waals surface area (Å²) in [5.74, 6) is 0.721. The van der Waals surface area contributed by atoms with E-state index in [-0.39, 0.29) is 6.61 Å². The fourth-order valence-electron chi connectivity index (χ4n) is 2.09. The van der Waals surface area contributed by atoms with Gasteiger partial charge in [-0.15, -0.1) is 11.3 Å². The molecule has 3 aromatic rings. The summed E-state index contributed by atoms with van der Waals surface area (Å²) in [7, 11) is 0. The number of aliphatic hydroxyl groups is 1. The van der Waals surface area contributed by atoms with Crippen molar-refractivity contribution in [3.05, 3.63) is 59.2 Å². The van der Waals surface area contributed by atoms with Gasteiger partial charge in [-0.3, -0.25) is 0 Å². The quantitative estimate of drug-likeness (QED) is 0.759. The van der Waals surface area contributed by atoms with Gasteiger partial charge in [-0.2, -0.15) is 0 Å². The second-order valence-electron chi connectivity index (χ2n) is 5.00. The molecule has 0 spiro atoms. The molecule has 0 saturated heterocycles. The van der Waals surface area contributed by atoms with E-state index in [4.69, 9.17) is 4.74 Å². The number of thiophene rings is 1. The first-order valence-corrected chi connectivity index (χ1v) is 7.52. The lowest BCUT2D eigenvalue weighted by atomic mass is 10.1. The monoisotopic (exact) mass is 300 g/mol. The fraction of sp³-hybridized carbons (Fsp3) is 0.188. The molecule has 0 bridgehead atoms. The SMILES string of the molecule is CC(O)(COc1ccccc1-c1cnc[nH]1)c1cccs1. The standard InChI is InChI=1S/C16H16N2O2S/c1-16(19,15-7-4-8-21-15)10-20-14-6-3-2-5-12(14)13-9-17-11-18-13/h2-9,11,19H,10H2,1H3,(H,17,18). The Morgan fingerprint density at radius 1 is 1.29 bits per heavy atom. The largest absolute Gasteiger partial charge is 0.489 e. The van der Waals surface area contributed by atoms with Crippen LogP contribution in [0.3, 0.4) is 0 Å². The van der Waals surface area contributed by atoms with E-state index in [1.54, 1.807) is 19.4 Å². The summed E-state index contributed by atoms with van der Waals surface area (Å²) in [6.07, 6.45) is 3.38. The van der Waals surface area contributed by atoms with Crippen LogP contribution in [0.2, 0.25) is 0 Å². The number of para-hydroxylation sites is 1. The summed E-state index contributed by atoms with van der Waals surface area (Å²) < 4.78 is 5.86. The van der Waals surface area contributed by atoms with Crippen LogP contribution in [0.25, 0.3) is 11.3 Å². The third kappa shape index (κ3) is 2.99. The zero-order valence-electron chi connectivity index (χ0n) is 11.6. The molecular formula is C16H16N2O2S. The number of aromatic amines is 1. The average Bonchev–Trinajstić information content (AvgIpc) is 3.18. The highest BCUT2D eigenvalue weighted by Gasteiger charge is 2.25. The van der Waals surface area contributed by atoms with Gasteiger partial charge >= 0.3 is 0 Å². The number of benzene rings is 1. The smallest absolute Gasteiger partial charge is 0.130 e. The number of hydrogen-bond acceptors (Lipinski definition) is 4. The molecule has 0 fully saturated rings. The van der Waals surface area contributed by atoms with Crippen molar-refractivity contribution in [3.63, 3.8) is 0 Å². The van der Waals surface area contributed by atoms with Gasteiger partial charge in [-0.1, -0.05) is 18.2 Å². The van der Waals surface area contributed by atoms with Crippen molar-refractivity contribution in [2.75, 3.05) is 6.61 Å². The molecule has 2 N–H and O–H groups in total. The molecule has 0 aliphatic carbocycles. The van der Waals surface area contributed by atoms with Gasteiger partial charge < -0.3 is 14.8 Å². The minimum atomic E-state index is -1.00. The molecule has 0 saturated carbocycles. The van der Waals surface area contributed by atoms with Crippen molar-refractivity contribution >= 4 is 11.3 Å². The van der Waals surface area contributed by atoms with Gasteiger partial charge in [-0.05, 0) is 30.5 Å². The number of ether oxygens (including phenoxy) is 1. The lowest BCUT2D eigenvalue weighted by molar-refractivity contribution is 0.0110. The Bertz CT molecular complexity index is 691. The Hall–Kier alpha value is -2.11. The number of aromatic nitrogens is 2. The molecule has 21 heavy (non-hydrogen) atoms. The Morgan fingerprint density at radius 2 is 2.14 bits per heavy atom. The summed E-state index contributed by atoms with van der Waals surface area (Å²) in [5.41, 5.74) is 0.813. The van der Waals surface area contributed by atoms with E-state index in [9.17, 15) is 5.11 Å². The van der Waals surface area contributed by atoms with Crippen LogP contribution in [-0.2, 0) is 5.60 Å². The maximum absolute atomic E-state index is 10.5. The van der Waals surface area contributed by atoms with Crippen molar-refractivity contribution in [3.8, 4) is 17.0 Å². The Morgan fingerprint density at radius 3 is 2.86 bits per heavy atom. The van der Waals surface area contributed by atoms with Gasteiger partial charge in [0.1, 0.15) is 18.0 Å². The summed E-state index contributed by atoms with van der Waals surface area (Å²) in [4.78, 5) is 7.99. The van der Waals surface area contributed by atoms with Crippen molar-refractivity contribution in [1.29, 1.82) is 0 Å². The molecule has 0 aliphatic heterocycles. The average molecular weight is 300 g/mol. The van der Waals surface area contributed by atoms with Crippen LogP contribution >= 0.6 is 11.3 Å². The van der Waals surface area contributed by atoms with Crippen LogP contribution in [0.1, 0.15) is 11.8 Å². The fourth-order valence-corrected chi connectivity index (χ4v) is 2.87. The van der Waals surface area contributed by atoms with E-state index in [0.717, 1.165) is 21.9 Å². The van der Waals surface area contributed by atoms with Crippen LogP contribution in [0.5, 0.6) is 5.75 Å². The molecule has 2 heterocycles. The molecule has 5 heteroatoms. The first kappa shape index (κ1) is 13.9. The van der Waals surface area contributed by atoms with E-state index in [0.29, 0.717) is 0 Å². The van der Waals surface area contributed by atoms with Crippen molar-refractivity contribution < 1.29 is 9.84 Å². The minimum absolute atomic E-state index is 0.193. The summed E-state index contributed by atoms with van der Waals surface area (Å²) in [6, 6.07) is 11.5. The Kier molecular flexibility index (Phi) is 3.77. The highest BCUT2D eigenvalue weighted by Crippen LogP contribution is 2.31. The first-order valence-electron chi connectivity index (χ1n) is 6.64. The van der Waals surface area contributed by atoms with Crippen LogP contribution in [0.4, 0.5) is 0 Å². The molecule has 0 amide bonds. The topological polar surface area (TPSA) is 58.1 Å². The zero-order valence-corrected chi connectivity index (χ0v) is 12.4. The van der Waals surface area contributed by atoms with Gasteiger partial charge in [0.15, 0.2) is 0 Å². The van der Waals surface area contributed by atoms with Gasteiger partial charge in [0.25, 0.3) is 0 Å². The molecule has 4 nitrogen and oxygen atoms in total. The Labute approximate surface area is 127 Å². The predicted octanol–water partition coefficient (Wildman–Crippen LogP) is 3.42. The lowest BCUT2D eigenvalue weighted by Gasteiger charge is -2.23. The van der Waals surface area contributed by atoms with E-state index < -0.39 is 5.60 Å². The normalized spacial score (nSPS) is 13.8. The molecular weight excluding hydrogens is 284 g/mol. The van der Waals surface area contributed by atoms with E-state index in [1.165, 1.54) is 11.3 Å². The third-order valence-corrected chi connectivity index (χ3v) is 4.36. The summed E-state index contributed by atoms with van der Waals surface area (Å²) in [6.45, 7) is 1.95. The number of imidazole rings is 1. The maximum Gasteiger partial charge on any atom is 0.130 e. The number of hydrogen-bond donors (Lipinski definition) is 2. The number of H-pyrrole nitrogens is 1. The molecule has 1 unspecified atom stereocenters. The molecule has 3 rings (SSSR count). The minimum Gasteiger partial charge on any atom is -0.489 e. The zero-order chi connectivity index (χ0) is 14.7. The first-order chi connectivity index (χ1) is 10.2. The molecule has 1 aromatic carbocycles. The molecule has 2 aromatic heterocycles. The van der Waals surface area contributed by atoms with Crippen molar-refractivity contribution in [1.82, 2.24) is 9.97 Å². The van der Waals surface area contributed by atoms with Crippen LogP contribution in [0, 0.1) is 0 Å². The highest BCUT2D eigenvalue weighted by molar-refractivity contribution is 7.10. The number of nitrogens with zero attached hydrogens (tertiary/aromatic N) is 1. The maximum atomic E-state index is 10.5. The van der Waals surface area contributed by atoms with Gasteiger partial charge in [-0.25, -0.2) is 4.98 Å². The highest BCUT2D eigenvalue weighted by atomic mass is 32.1. The van der Waals surface area contributed by atoms with E-state index in [2.05, 4.69) is 9.97 Å². The van der Waals surface area contributed by atoms with Gasteiger partial charge in [0, 0.05) is 10.4 Å². The molecule has 1 atom stereocenters. The lowest BCUT2D eigenvalue weighted by Crippen LogP contribution is -2.28. The number of rotatable bonds is 5. The Balaban J connectivity index is 1.80. The molecule has 0 aliphatic rings. The van der Waals surface area contributed by atoms with Gasteiger partial charge in [0.05, 0.1) is 18.2 Å². The van der Waals surface area contributed by atoms with Crippen LogP contribution in [-0.4, -0.2) is 21.7 Å².